The van der Waals surface area contributed by atoms with Crippen molar-refractivity contribution in [3.63, 3.8) is 0 Å². The predicted octanol–water partition coefficient (Wildman–Crippen LogP) is 2.08. The summed E-state index contributed by atoms with van der Waals surface area (Å²) < 4.78 is 27.9. The summed E-state index contributed by atoms with van der Waals surface area (Å²) in [6.07, 6.45) is 3.22. The molecule has 138 valence electrons. The summed E-state index contributed by atoms with van der Waals surface area (Å²) in [5, 5.41) is 0.616. The van der Waals surface area contributed by atoms with E-state index in [1.54, 1.807) is 23.1 Å². The topological polar surface area (TPSA) is 60.9 Å². The maximum atomic E-state index is 12.5. The number of rotatable bonds is 6. The Balaban J connectivity index is 1.94. The van der Waals surface area contributed by atoms with Crippen LogP contribution in [0.5, 0.6) is 0 Å². The summed E-state index contributed by atoms with van der Waals surface area (Å²) in [6, 6.07) is 7.24. The van der Waals surface area contributed by atoms with Crippen molar-refractivity contribution in [2.45, 2.75) is 13.8 Å². The van der Waals surface area contributed by atoms with E-state index >= 15 is 0 Å². The average Bonchev–Trinajstić information content (AvgIpc) is 2.60. The molecule has 25 heavy (non-hydrogen) atoms. The third-order valence-corrected chi connectivity index (χ3v) is 6.60. The van der Waals surface area contributed by atoms with Gasteiger partial charge in [0.1, 0.15) is 0 Å². The standard InChI is InChI=1S/C17H24ClN3O3S/c1-3-20(4-2)25(23,24)21-12-10-19(11-13-21)17(22)9-8-15-6-5-7-16(18)14-15/h5-9,14H,3-4,10-13H2,1-2H3/b9-8+. The maximum Gasteiger partial charge on any atom is 0.282 e. The molecule has 0 spiro atoms. The Morgan fingerprint density at radius 1 is 1.20 bits per heavy atom. The molecule has 0 atom stereocenters. The lowest BCUT2D eigenvalue weighted by atomic mass is 10.2. The SMILES string of the molecule is CCN(CC)S(=O)(=O)N1CCN(C(=O)/C=C/c2cccc(Cl)c2)CC1. The van der Waals surface area contributed by atoms with Gasteiger partial charge < -0.3 is 4.90 Å². The molecule has 1 aliphatic heterocycles. The van der Waals surface area contributed by atoms with E-state index in [2.05, 4.69) is 0 Å². The van der Waals surface area contributed by atoms with Gasteiger partial charge in [0.05, 0.1) is 0 Å². The Morgan fingerprint density at radius 2 is 1.84 bits per heavy atom. The molecule has 1 heterocycles. The van der Waals surface area contributed by atoms with Gasteiger partial charge in [-0.1, -0.05) is 37.6 Å². The molecule has 0 bridgehead atoms. The van der Waals surface area contributed by atoms with Gasteiger partial charge in [-0.25, -0.2) is 0 Å². The number of amides is 1. The molecule has 1 aromatic rings. The minimum Gasteiger partial charge on any atom is -0.337 e. The van der Waals surface area contributed by atoms with Crippen molar-refractivity contribution in [2.24, 2.45) is 0 Å². The first-order chi connectivity index (χ1) is 11.9. The van der Waals surface area contributed by atoms with Crippen LogP contribution >= 0.6 is 11.6 Å². The zero-order chi connectivity index (χ0) is 18.4. The molecule has 0 unspecified atom stereocenters. The smallest absolute Gasteiger partial charge is 0.282 e. The van der Waals surface area contributed by atoms with Crippen LogP contribution in [-0.4, -0.2) is 67.1 Å². The van der Waals surface area contributed by atoms with Gasteiger partial charge in [-0.2, -0.15) is 17.0 Å². The third-order valence-electron chi connectivity index (χ3n) is 4.18. The molecule has 1 aromatic carbocycles. The molecule has 0 N–H and O–H groups in total. The first-order valence-corrected chi connectivity index (χ1v) is 10.1. The fraction of sp³-hybridized carbons (Fsp3) is 0.471. The van der Waals surface area contributed by atoms with Gasteiger partial charge in [0.15, 0.2) is 0 Å². The van der Waals surface area contributed by atoms with Gasteiger partial charge in [0, 0.05) is 50.4 Å². The van der Waals surface area contributed by atoms with E-state index in [9.17, 15) is 13.2 Å². The van der Waals surface area contributed by atoms with Crippen LogP contribution in [0.25, 0.3) is 6.08 Å². The number of hydrogen-bond donors (Lipinski definition) is 0. The summed E-state index contributed by atoms with van der Waals surface area (Å²) in [4.78, 5) is 13.9. The van der Waals surface area contributed by atoms with E-state index in [-0.39, 0.29) is 5.91 Å². The van der Waals surface area contributed by atoms with Crippen LogP contribution in [0.1, 0.15) is 19.4 Å². The van der Waals surface area contributed by atoms with Crippen molar-refractivity contribution in [1.82, 2.24) is 13.5 Å². The lowest BCUT2D eigenvalue weighted by Gasteiger charge is -2.35. The summed E-state index contributed by atoms with van der Waals surface area (Å²) in [5.41, 5.74) is 0.851. The summed E-state index contributed by atoms with van der Waals surface area (Å²) in [6.45, 7) is 5.94. The highest BCUT2D eigenvalue weighted by Crippen LogP contribution is 2.14. The van der Waals surface area contributed by atoms with Crippen LogP contribution in [0, 0.1) is 0 Å². The molecule has 1 fully saturated rings. The van der Waals surface area contributed by atoms with Crippen molar-refractivity contribution >= 4 is 33.8 Å². The summed E-state index contributed by atoms with van der Waals surface area (Å²) in [5.74, 6) is -0.125. The zero-order valence-corrected chi connectivity index (χ0v) is 16.1. The fourth-order valence-electron chi connectivity index (χ4n) is 2.74. The number of halogens is 1. The molecule has 0 aromatic heterocycles. The molecular weight excluding hydrogens is 362 g/mol. The number of carbonyl (C=O) groups excluding carboxylic acids is 1. The van der Waals surface area contributed by atoms with Gasteiger partial charge >= 0.3 is 0 Å². The van der Waals surface area contributed by atoms with E-state index in [1.165, 1.54) is 14.7 Å². The number of piperazine rings is 1. The second-order valence-electron chi connectivity index (χ2n) is 5.70. The Morgan fingerprint density at radius 3 is 2.40 bits per heavy atom. The average molecular weight is 386 g/mol. The van der Waals surface area contributed by atoms with Gasteiger partial charge in [-0.15, -0.1) is 0 Å². The highest BCUT2D eigenvalue weighted by Gasteiger charge is 2.31. The highest BCUT2D eigenvalue weighted by atomic mass is 35.5. The van der Waals surface area contributed by atoms with Crippen molar-refractivity contribution in [2.75, 3.05) is 39.3 Å². The van der Waals surface area contributed by atoms with Gasteiger partial charge in [0.2, 0.25) is 5.91 Å². The van der Waals surface area contributed by atoms with Crippen molar-refractivity contribution in [1.29, 1.82) is 0 Å². The van der Waals surface area contributed by atoms with E-state index in [0.717, 1.165) is 5.56 Å². The Labute approximate surface area is 154 Å². The lowest BCUT2D eigenvalue weighted by Crippen LogP contribution is -2.53. The Kier molecular flexibility index (Phi) is 7.01. The van der Waals surface area contributed by atoms with Crippen LogP contribution in [0.4, 0.5) is 0 Å². The van der Waals surface area contributed by atoms with Crippen LogP contribution in [0.3, 0.4) is 0 Å². The number of nitrogens with zero attached hydrogens (tertiary/aromatic N) is 3. The molecule has 6 nitrogen and oxygen atoms in total. The Hall–Kier alpha value is -1.41. The van der Waals surface area contributed by atoms with Crippen LogP contribution in [0.15, 0.2) is 30.3 Å². The second-order valence-corrected chi connectivity index (χ2v) is 8.07. The third kappa shape index (κ3) is 5.04. The molecule has 2 rings (SSSR count). The van der Waals surface area contributed by atoms with Crippen molar-refractivity contribution in [3.05, 3.63) is 40.9 Å². The van der Waals surface area contributed by atoms with E-state index in [1.807, 2.05) is 26.0 Å². The monoisotopic (exact) mass is 385 g/mol. The largest absolute Gasteiger partial charge is 0.337 e. The van der Waals surface area contributed by atoms with E-state index < -0.39 is 10.2 Å². The van der Waals surface area contributed by atoms with Crippen LogP contribution < -0.4 is 0 Å². The van der Waals surface area contributed by atoms with E-state index in [4.69, 9.17) is 11.6 Å². The minimum absolute atomic E-state index is 0.125. The van der Waals surface area contributed by atoms with Crippen LogP contribution in [0.2, 0.25) is 5.02 Å². The molecule has 8 heteroatoms. The summed E-state index contributed by atoms with van der Waals surface area (Å²) >= 11 is 5.92. The summed E-state index contributed by atoms with van der Waals surface area (Å²) in [7, 11) is -3.44. The van der Waals surface area contributed by atoms with Gasteiger partial charge in [-0.05, 0) is 23.8 Å². The molecule has 1 aliphatic rings. The molecule has 0 aliphatic carbocycles. The fourth-order valence-corrected chi connectivity index (χ4v) is 4.54. The molecule has 1 amide bonds. The van der Waals surface area contributed by atoms with Crippen molar-refractivity contribution < 1.29 is 13.2 Å². The Bertz CT molecular complexity index is 724. The van der Waals surface area contributed by atoms with Crippen molar-refractivity contribution in [3.8, 4) is 0 Å². The van der Waals surface area contributed by atoms with Gasteiger partial charge in [0.25, 0.3) is 10.2 Å². The number of benzene rings is 1. The number of hydrogen-bond acceptors (Lipinski definition) is 3. The second kappa shape index (κ2) is 8.80. The molecule has 0 saturated carbocycles. The maximum absolute atomic E-state index is 12.5. The highest BCUT2D eigenvalue weighted by molar-refractivity contribution is 7.86. The zero-order valence-electron chi connectivity index (χ0n) is 14.6. The quantitative estimate of drug-likeness (QED) is 0.704. The normalized spacial score (nSPS) is 16.7. The molecular formula is C17H24ClN3O3S. The molecule has 1 saturated heterocycles. The van der Waals surface area contributed by atoms with Gasteiger partial charge in [-0.3, -0.25) is 4.79 Å². The molecule has 0 radical (unpaired) electrons. The first-order valence-electron chi connectivity index (χ1n) is 8.36. The first kappa shape index (κ1) is 19.9. The minimum atomic E-state index is -3.44. The number of carbonyl (C=O) groups is 1. The lowest BCUT2D eigenvalue weighted by molar-refractivity contribution is -0.127. The van der Waals surface area contributed by atoms with E-state index in [0.29, 0.717) is 44.3 Å². The predicted molar refractivity (Wildman–Crippen MR) is 100 cm³/mol. The van der Waals surface area contributed by atoms with Crippen LogP contribution in [-0.2, 0) is 15.0 Å².